The summed E-state index contributed by atoms with van der Waals surface area (Å²) in [5.74, 6) is 5.17. The van der Waals surface area contributed by atoms with Gasteiger partial charge in [-0.2, -0.15) is 0 Å². The highest BCUT2D eigenvalue weighted by atomic mass is 19.1. The molecule has 28 heavy (non-hydrogen) atoms. The van der Waals surface area contributed by atoms with E-state index in [2.05, 4.69) is 27.1 Å². The first-order chi connectivity index (χ1) is 13.7. The van der Waals surface area contributed by atoms with Crippen molar-refractivity contribution in [2.45, 2.75) is 26.3 Å². The molecule has 0 saturated heterocycles. The Balaban J connectivity index is 1.63. The van der Waals surface area contributed by atoms with Gasteiger partial charge in [0.25, 0.3) is 5.91 Å². The number of halogens is 1. The van der Waals surface area contributed by atoms with Gasteiger partial charge in [0.1, 0.15) is 5.69 Å². The molecule has 0 aliphatic carbocycles. The number of rotatable bonds is 6. The van der Waals surface area contributed by atoms with Crippen LogP contribution in [0.3, 0.4) is 0 Å². The smallest absolute Gasteiger partial charge is 0.270 e. The average molecular weight is 377 g/mol. The molecule has 3 rings (SSSR count). The maximum atomic E-state index is 14.6. The average Bonchev–Trinajstić information content (AvgIpc) is 2.73. The number of nitrogens with one attached hydrogen (secondary N) is 1. The lowest BCUT2D eigenvalue weighted by Crippen LogP contribution is -2.24. The van der Waals surface area contributed by atoms with Gasteiger partial charge in [0.2, 0.25) is 0 Å². The number of amides is 1. The van der Waals surface area contributed by atoms with Crippen LogP contribution in [0.1, 0.15) is 35.8 Å². The summed E-state index contributed by atoms with van der Waals surface area (Å²) in [7, 11) is 0. The highest BCUT2D eigenvalue weighted by molar-refractivity contribution is 5.94. The van der Waals surface area contributed by atoms with Crippen LogP contribution in [-0.4, -0.2) is 22.5 Å². The highest BCUT2D eigenvalue weighted by Crippen LogP contribution is 2.20. The minimum atomic E-state index is -0.484. The molecule has 142 valence electrons. The van der Waals surface area contributed by atoms with Crippen molar-refractivity contribution >= 4 is 16.9 Å². The van der Waals surface area contributed by atoms with Crippen LogP contribution in [-0.2, 0) is 6.54 Å². The Hall–Kier alpha value is -3.46. The standard InChI is InChI=1S/C22H20FN3O2/c1-2-3-4-5-14-28-20-10-6-8-16(21(20)23)15-25-22(27)19-12-11-17-18(26-19)9-7-13-24-17/h6-13H,2,5,14-15H2,1H3,(H,25,27). The van der Waals surface area contributed by atoms with Crippen molar-refractivity contribution < 1.29 is 13.9 Å². The van der Waals surface area contributed by atoms with Crippen LogP contribution in [0.25, 0.3) is 11.0 Å². The molecule has 1 aromatic carbocycles. The highest BCUT2D eigenvalue weighted by Gasteiger charge is 2.12. The first kappa shape index (κ1) is 19.3. The second-order valence-electron chi connectivity index (χ2n) is 5.96. The first-order valence-electron chi connectivity index (χ1n) is 9.05. The number of hydrogen-bond donors (Lipinski definition) is 1. The topological polar surface area (TPSA) is 64.1 Å². The fourth-order valence-electron chi connectivity index (χ4n) is 2.58. The molecule has 5 nitrogen and oxygen atoms in total. The van der Waals surface area contributed by atoms with E-state index in [-0.39, 0.29) is 23.9 Å². The minimum Gasteiger partial charge on any atom is -0.490 e. The van der Waals surface area contributed by atoms with E-state index >= 15 is 0 Å². The summed E-state index contributed by atoms with van der Waals surface area (Å²) in [6.45, 7) is 2.31. The molecule has 0 aliphatic heterocycles. The molecule has 0 fully saturated rings. The van der Waals surface area contributed by atoms with Gasteiger partial charge in [0, 0.05) is 31.1 Å². The second kappa shape index (κ2) is 9.47. The van der Waals surface area contributed by atoms with Gasteiger partial charge in [-0.1, -0.05) is 25.0 Å². The number of fused-ring (bicyclic) bond motifs is 1. The number of ether oxygens (including phenoxy) is 1. The van der Waals surface area contributed by atoms with Crippen molar-refractivity contribution in [3.8, 4) is 17.6 Å². The van der Waals surface area contributed by atoms with Crippen LogP contribution >= 0.6 is 0 Å². The zero-order valence-electron chi connectivity index (χ0n) is 15.5. The molecule has 2 aromatic heterocycles. The zero-order valence-corrected chi connectivity index (χ0v) is 15.5. The van der Waals surface area contributed by atoms with Crippen molar-refractivity contribution in [2.75, 3.05) is 6.61 Å². The molecule has 6 heteroatoms. The fourth-order valence-corrected chi connectivity index (χ4v) is 2.58. The van der Waals surface area contributed by atoms with Gasteiger partial charge in [-0.3, -0.25) is 9.78 Å². The molecule has 1 amide bonds. The van der Waals surface area contributed by atoms with Crippen molar-refractivity contribution in [2.24, 2.45) is 0 Å². The molecule has 0 atom stereocenters. The summed E-state index contributed by atoms with van der Waals surface area (Å²) in [6.07, 6.45) is 2.99. The van der Waals surface area contributed by atoms with E-state index in [0.717, 1.165) is 6.42 Å². The number of aromatic nitrogens is 2. The van der Waals surface area contributed by atoms with E-state index in [4.69, 9.17) is 4.74 Å². The maximum absolute atomic E-state index is 14.6. The molecule has 0 spiro atoms. The van der Waals surface area contributed by atoms with E-state index in [1.54, 1.807) is 48.7 Å². The minimum absolute atomic E-state index is 0.0320. The maximum Gasteiger partial charge on any atom is 0.270 e. The summed E-state index contributed by atoms with van der Waals surface area (Å²) in [5, 5.41) is 2.69. The summed E-state index contributed by atoms with van der Waals surface area (Å²) in [4.78, 5) is 20.8. The lowest BCUT2D eigenvalue weighted by atomic mass is 10.2. The van der Waals surface area contributed by atoms with E-state index in [1.807, 2.05) is 6.92 Å². The third-order valence-corrected chi connectivity index (χ3v) is 3.96. The molecule has 0 radical (unpaired) electrons. The van der Waals surface area contributed by atoms with Gasteiger partial charge in [-0.15, -0.1) is 5.92 Å². The molecule has 0 aliphatic rings. The van der Waals surface area contributed by atoms with Crippen LogP contribution in [0, 0.1) is 17.7 Å². The third-order valence-electron chi connectivity index (χ3n) is 3.96. The molecule has 1 N–H and O–H groups in total. The normalized spacial score (nSPS) is 10.2. The van der Waals surface area contributed by atoms with Crippen LogP contribution in [0.2, 0.25) is 0 Å². The van der Waals surface area contributed by atoms with Crippen molar-refractivity contribution in [3.05, 3.63) is 65.7 Å². The van der Waals surface area contributed by atoms with Gasteiger partial charge in [-0.05, 0) is 30.3 Å². The van der Waals surface area contributed by atoms with Gasteiger partial charge in [0.05, 0.1) is 17.6 Å². The Kier molecular flexibility index (Phi) is 6.53. The van der Waals surface area contributed by atoms with Crippen LogP contribution in [0.5, 0.6) is 5.75 Å². The van der Waals surface area contributed by atoms with E-state index < -0.39 is 5.82 Å². The fraction of sp³-hybridized carbons (Fsp3) is 0.227. The summed E-state index contributed by atoms with van der Waals surface area (Å²) in [6, 6.07) is 11.7. The van der Waals surface area contributed by atoms with Crippen LogP contribution in [0.15, 0.2) is 48.7 Å². The molecular weight excluding hydrogens is 357 g/mol. The van der Waals surface area contributed by atoms with Crippen molar-refractivity contribution in [1.82, 2.24) is 15.3 Å². The Labute approximate surface area is 163 Å². The molecule has 3 aromatic rings. The lowest BCUT2D eigenvalue weighted by molar-refractivity contribution is 0.0946. The Morgan fingerprint density at radius 2 is 2.04 bits per heavy atom. The number of carbonyl (C=O) groups excluding carboxylic acids is 1. The van der Waals surface area contributed by atoms with Crippen LogP contribution < -0.4 is 10.1 Å². The Morgan fingerprint density at radius 3 is 2.89 bits per heavy atom. The summed E-state index contributed by atoms with van der Waals surface area (Å²) >= 11 is 0. The number of carbonyl (C=O) groups is 1. The van der Waals surface area contributed by atoms with Crippen molar-refractivity contribution in [1.29, 1.82) is 0 Å². The molecule has 0 unspecified atom stereocenters. The Bertz CT molecular complexity index is 1040. The van der Waals surface area contributed by atoms with Gasteiger partial charge < -0.3 is 10.1 Å². The van der Waals surface area contributed by atoms with E-state index in [9.17, 15) is 9.18 Å². The lowest BCUT2D eigenvalue weighted by Gasteiger charge is -2.10. The predicted octanol–water partition coefficient (Wildman–Crippen LogP) is 3.88. The molecule has 0 saturated carbocycles. The molecule has 0 bridgehead atoms. The number of benzene rings is 1. The number of pyridine rings is 2. The summed E-state index contributed by atoms with van der Waals surface area (Å²) < 4.78 is 20.0. The SMILES string of the molecule is CCC#CCCOc1cccc(CNC(=O)c2ccc3ncccc3n2)c1F. The zero-order chi connectivity index (χ0) is 19.8. The second-order valence-corrected chi connectivity index (χ2v) is 5.96. The van der Waals surface area contributed by atoms with Gasteiger partial charge >= 0.3 is 0 Å². The van der Waals surface area contributed by atoms with Gasteiger partial charge in [-0.25, -0.2) is 9.37 Å². The Morgan fingerprint density at radius 1 is 1.14 bits per heavy atom. The van der Waals surface area contributed by atoms with E-state index in [0.29, 0.717) is 29.6 Å². The van der Waals surface area contributed by atoms with Crippen LogP contribution in [0.4, 0.5) is 4.39 Å². The largest absolute Gasteiger partial charge is 0.490 e. The van der Waals surface area contributed by atoms with Gasteiger partial charge in [0.15, 0.2) is 11.6 Å². The number of hydrogen-bond acceptors (Lipinski definition) is 4. The number of nitrogens with zero attached hydrogens (tertiary/aromatic N) is 2. The quantitative estimate of drug-likeness (QED) is 0.523. The van der Waals surface area contributed by atoms with Crippen molar-refractivity contribution in [3.63, 3.8) is 0 Å². The van der Waals surface area contributed by atoms with E-state index in [1.165, 1.54) is 0 Å². The monoisotopic (exact) mass is 377 g/mol. The molecule has 2 heterocycles. The predicted molar refractivity (Wildman–Crippen MR) is 105 cm³/mol. The summed E-state index contributed by atoms with van der Waals surface area (Å²) in [5.41, 5.74) is 1.93. The third kappa shape index (κ3) is 4.83. The molecular formula is C22H20FN3O2. The first-order valence-corrected chi connectivity index (χ1v) is 9.05.